The van der Waals surface area contributed by atoms with Gasteiger partial charge in [-0.05, 0) is 29.8 Å². The molecule has 1 N–H and O–H groups in total. The highest BCUT2D eigenvalue weighted by atomic mass is 32.2. The van der Waals surface area contributed by atoms with Crippen molar-refractivity contribution in [2.24, 2.45) is 0 Å². The van der Waals surface area contributed by atoms with E-state index in [0.29, 0.717) is 12.2 Å². The number of rotatable bonds is 6. The molecule has 1 aliphatic rings. The average molecular weight is 399 g/mol. The van der Waals surface area contributed by atoms with Gasteiger partial charge in [-0.1, -0.05) is 0 Å². The van der Waals surface area contributed by atoms with E-state index in [-0.39, 0.29) is 28.9 Å². The second-order valence-electron chi connectivity index (χ2n) is 6.06. The number of sulfonamides is 1. The molecule has 146 valence electrons. The lowest BCUT2D eigenvalue weighted by molar-refractivity contribution is 0.0761. The van der Waals surface area contributed by atoms with Gasteiger partial charge in [0.15, 0.2) is 0 Å². The van der Waals surface area contributed by atoms with Gasteiger partial charge in [0.25, 0.3) is 0 Å². The predicted molar refractivity (Wildman–Crippen MR) is 94.1 cm³/mol. The normalized spacial score (nSPS) is 20.0. The first-order chi connectivity index (χ1) is 12.8. The fraction of sp³-hybridized carbons (Fsp3) is 0.333. The largest absolute Gasteiger partial charge is 0.496 e. The van der Waals surface area contributed by atoms with Crippen LogP contribution in [0.1, 0.15) is 0 Å². The van der Waals surface area contributed by atoms with Crippen LogP contribution in [0.2, 0.25) is 0 Å². The lowest BCUT2D eigenvalue weighted by Gasteiger charge is -2.18. The monoisotopic (exact) mass is 399 g/mol. The van der Waals surface area contributed by atoms with Crippen molar-refractivity contribution >= 4 is 10.0 Å². The Hall–Kier alpha value is -2.07. The smallest absolute Gasteiger partial charge is 0.241 e. The molecule has 1 heterocycles. The predicted octanol–water partition coefficient (Wildman–Crippen LogP) is 2.33. The maximum Gasteiger partial charge on any atom is 0.241 e. The number of nitrogens with one attached hydrogen (secondary N) is 1. The molecule has 0 unspecified atom stereocenters. The number of benzene rings is 2. The minimum atomic E-state index is -3.87. The zero-order valence-corrected chi connectivity index (χ0v) is 15.6. The third-order valence-electron chi connectivity index (χ3n) is 4.29. The lowest BCUT2D eigenvalue weighted by atomic mass is 10.0. The van der Waals surface area contributed by atoms with Crippen LogP contribution in [0.3, 0.4) is 0 Å². The zero-order chi connectivity index (χ0) is 19.6. The van der Waals surface area contributed by atoms with Crippen molar-refractivity contribution in [1.82, 2.24) is 4.72 Å². The van der Waals surface area contributed by atoms with Crippen molar-refractivity contribution in [2.45, 2.75) is 17.0 Å². The molecule has 0 radical (unpaired) electrons. The van der Waals surface area contributed by atoms with Crippen LogP contribution in [0.5, 0.6) is 5.75 Å². The molecule has 9 heteroatoms. The molecule has 2 aromatic rings. The van der Waals surface area contributed by atoms with Crippen LogP contribution in [-0.2, 0) is 19.5 Å². The van der Waals surface area contributed by atoms with Gasteiger partial charge in [0.1, 0.15) is 17.4 Å². The Morgan fingerprint density at radius 2 is 1.78 bits per heavy atom. The second-order valence-corrected chi connectivity index (χ2v) is 7.77. The van der Waals surface area contributed by atoms with Crippen LogP contribution in [0.25, 0.3) is 11.1 Å². The van der Waals surface area contributed by atoms with Crippen LogP contribution in [0, 0.1) is 11.6 Å². The van der Waals surface area contributed by atoms with Crippen LogP contribution < -0.4 is 9.46 Å². The molecule has 0 aliphatic carbocycles. The van der Waals surface area contributed by atoms with Gasteiger partial charge in [0.2, 0.25) is 10.0 Å². The molecule has 1 saturated heterocycles. The minimum absolute atomic E-state index is 0.0401. The van der Waals surface area contributed by atoms with Gasteiger partial charge in [-0.2, -0.15) is 0 Å². The van der Waals surface area contributed by atoms with E-state index in [1.54, 1.807) is 0 Å². The quantitative estimate of drug-likeness (QED) is 0.807. The summed E-state index contributed by atoms with van der Waals surface area (Å²) in [6.45, 7) is 0.507. The number of ether oxygens (including phenoxy) is 3. The Morgan fingerprint density at radius 3 is 2.41 bits per heavy atom. The molecular formula is C18H19F2NO5S. The molecule has 0 saturated carbocycles. The standard InChI is InChI=1S/C18H19F2NO5S/c1-24-17-8-14(27(22,23)21-16-9-26-10-18(16)25-2)3-4-15(17)11-5-12(19)7-13(20)6-11/h3-8,16,18,21H,9-10H2,1-2H3/t16-,18+/m0/s1. The third kappa shape index (κ3) is 4.27. The number of hydrogen-bond acceptors (Lipinski definition) is 5. The van der Waals surface area contributed by atoms with Crippen LogP contribution in [0.4, 0.5) is 8.78 Å². The van der Waals surface area contributed by atoms with E-state index < -0.39 is 27.7 Å². The molecule has 6 nitrogen and oxygen atoms in total. The Morgan fingerprint density at radius 1 is 1.07 bits per heavy atom. The molecule has 0 bridgehead atoms. The van der Waals surface area contributed by atoms with Gasteiger partial charge in [0.05, 0.1) is 37.4 Å². The molecule has 2 aromatic carbocycles. The number of halogens is 2. The first kappa shape index (κ1) is 19.7. The summed E-state index contributed by atoms with van der Waals surface area (Å²) in [5.74, 6) is -1.30. The fourth-order valence-corrected chi connectivity index (χ4v) is 4.19. The Labute approximate surface area is 156 Å². The van der Waals surface area contributed by atoms with Gasteiger partial charge in [0, 0.05) is 24.8 Å². The first-order valence-corrected chi connectivity index (χ1v) is 9.59. The van der Waals surface area contributed by atoms with E-state index in [1.807, 2.05) is 0 Å². The lowest BCUT2D eigenvalue weighted by Crippen LogP contribution is -2.43. The van der Waals surface area contributed by atoms with E-state index in [0.717, 1.165) is 18.2 Å². The van der Waals surface area contributed by atoms with Crippen molar-refractivity contribution in [3.05, 3.63) is 48.0 Å². The molecule has 0 spiro atoms. The molecule has 2 atom stereocenters. The number of methoxy groups -OCH3 is 2. The molecule has 0 amide bonds. The highest BCUT2D eigenvalue weighted by molar-refractivity contribution is 7.89. The highest BCUT2D eigenvalue weighted by Crippen LogP contribution is 2.33. The Kier molecular flexibility index (Phi) is 5.75. The van der Waals surface area contributed by atoms with Gasteiger partial charge in [-0.15, -0.1) is 0 Å². The maximum absolute atomic E-state index is 13.5. The topological polar surface area (TPSA) is 73.9 Å². The van der Waals surface area contributed by atoms with Crippen molar-refractivity contribution in [2.75, 3.05) is 27.4 Å². The van der Waals surface area contributed by atoms with Crippen molar-refractivity contribution in [3.8, 4) is 16.9 Å². The molecule has 1 fully saturated rings. The van der Waals surface area contributed by atoms with E-state index >= 15 is 0 Å². The maximum atomic E-state index is 13.5. The molecule has 27 heavy (non-hydrogen) atoms. The van der Waals surface area contributed by atoms with Crippen LogP contribution in [0.15, 0.2) is 41.3 Å². The van der Waals surface area contributed by atoms with Gasteiger partial charge in [-0.3, -0.25) is 0 Å². The van der Waals surface area contributed by atoms with E-state index in [4.69, 9.17) is 14.2 Å². The van der Waals surface area contributed by atoms with Crippen LogP contribution >= 0.6 is 0 Å². The van der Waals surface area contributed by atoms with Crippen molar-refractivity contribution in [3.63, 3.8) is 0 Å². The second kappa shape index (κ2) is 7.89. The highest BCUT2D eigenvalue weighted by Gasteiger charge is 2.32. The Balaban J connectivity index is 1.93. The summed E-state index contributed by atoms with van der Waals surface area (Å²) >= 11 is 0. The molecule has 3 rings (SSSR count). The number of hydrogen-bond donors (Lipinski definition) is 1. The summed E-state index contributed by atoms with van der Waals surface area (Å²) in [5.41, 5.74) is 0.610. The van der Waals surface area contributed by atoms with Gasteiger partial charge >= 0.3 is 0 Å². The van der Waals surface area contributed by atoms with Crippen molar-refractivity contribution < 1.29 is 31.4 Å². The van der Waals surface area contributed by atoms with Crippen LogP contribution in [-0.4, -0.2) is 48.0 Å². The Bertz CT molecular complexity index is 915. The average Bonchev–Trinajstić information content (AvgIpc) is 3.06. The summed E-state index contributed by atoms with van der Waals surface area (Å²) in [5, 5.41) is 0. The summed E-state index contributed by atoms with van der Waals surface area (Å²) < 4.78 is 70.6. The summed E-state index contributed by atoms with van der Waals surface area (Å²) in [6, 6.07) is 6.63. The zero-order valence-electron chi connectivity index (χ0n) is 14.7. The third-order valence-corrected chi connectivity index (χ3v) is 5.78. The fourth-order valence-electron chi connectivity index (χ4n) is 2.93. The van der Waals surface area contributed by atoms with E-state index in [1.165, 1.54) is 32.4 Å². The first-order valence-electron chi connectivity index (χ1n) is 8.11. The molecule has 1 aliphatic heterocycles. The van der Waals surface area contributed by atoms with Crippen molar-refractivity contribution in [1.29, 1.82) is 0 Å². The minimum Gasteiger partial charge on any atom is -0.496 e. The summed E-state index contributed by atoms with van der Waals surface area (Å²) in [6.07, 6.45) is -0.379. The summed E-state index contributed by atoms with van der Waals surface area (Å²) in [4.78, 5) is -0.0401. The molecular weight excluding hydrogens is 380 g/mol. The SMILES string of the molecule is COc1cc(S(=O)(=O)N[C@H]2COC[C@H]2OC)ccc1-c1cc(F)cc(F)c1. The van der Waals surface area contributed by atoms with Gasteiger partial charge in [-0.25, -0.2) is 21.9 Å². The molecule has 0 aromatic heterocycles. The van der Waals surface area contributed by atoms with Gasteiger partial charge < -0.3 is 14.2 Å². The van der Waals surface area contributed by atoms with E-state index in [2.05, 4.69) is 4.72 Å². The van der Waals surface area contributed by atoms with E-state index in [9.17, 15) is 17.2 Å². The summed E-state index contributed by atoms with van der Waals surface area (Å²) in [7, 11) is -1.04.